The lowest BCUT2D eigenvalue weighted by Gasteiger charge is -2.14. The number of rotatable bonds is 3. The van der Waals surface area contributed by atoms with Crippen molar-refractivity contribution >= 4 is 29.1 Å². The molecule has 9 heteroatoms. The zero-order chi connectivity index (χ0) is 16.3. The van der Waals surface area contributed by atoms with Crippen molar-refractivity contribution in [1.29, 1.82) is 0 Å². The molecule has 0 atom stereocenters. The van der Waals surface area contributed by atoms with Crippen molar-refractivity contribution < 1.29 is 22.8 Å². The Bertz CT molecular complexity index is 708. The van der Waals surface area contributed by atoms with Gasteiger partial charge >= 0.3 is 6.18 Å². The van der Waals surface area contributed by atoms with E-state index in [0.717, 1.165) is 6.07 Å². The van der Waals surface area contributed by atoms with Crippen LogP contribution in [0.3, 0.4) is 0 Å². The van der Waals surface area contributed by atoms with Crippen molar-refractivity contribution in [2.24, 2.45) is 0 Å². The van der Waals surface area contributed by atoms with E-state index in [2.05, 4.69) is 4.98 Å². The molecule has 116 valence electrons. The number of carbonyl (C=O) groups is 1. The maximum Gasteiger partial charge on any atom is 0.420 e. The molecule has 0 unspecified atom stereocenters. The molecule has 0 saturated carbocycles. The number of benzene rings is 1. The third-order valence-corrected chi connectivity index (χ3v) is 3.04. The molecule has 1 aromatic carbocycles. The first-order valence-corrected chi connectivity index (χ1v) is 6.49. The summed E-state index contributed by atoms with van der Waals surface area (Å²) in [6.45, 7) is 0. The van der Waals surface area contributed by atoms with E-state index in [-0.39, 0.29) is 15.7 Å². The van der Waals surface area contributed by atoms with Gasteiger partial charge in [-0.25, -0.2) is 4.98 Å². The van der Waals surface area contributed by atoms with E-state index in [9.17, 15) is 18.0 Å². The monoisotopic (exact) mass is 350 g/mol. The SMILES string of the molecule is O=C(NOc1ccc(Cl)cc1C(F)(F)F)c1cccnc1Cl. The Morgan fingerprint density at radius 1 is 1.23 bits per heavy atom. The van der Waals surface area contributed by atoms with Crippen LogP contribution < -0.4 is 10.3 Å². The van der Waals surface area contributed by atoms with Crippen LogP contribution >= 0.6 is 23.2 Å². The number of nitrogens with one attached hydrogen (secondary N) is 1. The molecule has 0 radical (unpaired) electrons. The molecule has 0 bridgehead atoms. The van der Waals surface area contributed by atoms with Gasteiger partial charge in [-0.3, -0.25) is 4.79 Å². The molecule has 2 aromatic rings. The number of hydroxylamine groups is 1. The third kappa shape index (κ3) is 3.80. The minimum atomic E-state index is -4.68. The molecule has 22 heavy (non-hydrogen) atoms. The highest BCUT2D eigenvalue weighted by Crippen LogP contribution is 2.37. The number of amides is 1. The summed E-state index contributed by atoms with van der Waals surface area (Å²) in [7, 11) is 0. The average Bonchev–Trinajstić information content (AvgIpc) is 2.45. The zero-order valence-corrected chi connectivity index (χ0v) is 12.1. The summed E-state index contributed by atoms with van der Waals surface area (Å²) < 4.78 is 38.6. The number of hydrogen-bond acceptors (Lipinski definition) is 3. The topological polar surface area (TPSA) is 51.2 Å². The molecule has 2 rings (SSSR count). The number of aromatic nitrogens is 1. The van der Waals surface area contributed by atoms with Crippen molar-refractivity contribution in [2.75, 3.05) is 0 Å². The van der Waals surface area contributed by atoms with E-state index in [4.69, 9.17) is 28.0 Å². The predicted octanol–water partition coefficient (Wildman–Crippen LogP) is 4.13. The van der Waals surface area contributed by atoms with Crippen LogP contribution in [0.15, 0.2) is 36.5 Å². The van der Waals surface area contributed by atoms with Gasteiger partial charge in [-0.15, -0.1) is 0 Å². The molecule has 4 nitrogen and oxygen atoms in total. The van der Waals surface area contributed by atoms with Crippen LogP contribution in [0.4, 0.5) is 13.2 Å². The molecule has 0 saturated heterocycles. The maximum absolute atomic E-state index is 12.9. The van der Waals surface area contributed by atoms with Gasteiger partial charge in [0.1, 0.15) is 10.7 Å². The molecular weight excluding hydrogens is 344 g/mol. The quantitative estimate of drug-likeness (QED) is 0.668. The Morgan fingerprint density at radius 2 is 1.95 bits per heavy atom. The molecule has 1 N–H and O–H groups in total. The van der Waals surface area contributed by atoms with Gasteiger partial charge in [-0.2, -0.15) is 18.7 Å². The summed E-state index contributed by atoms with van der Waals surface area (Å²) in [6, 6.07) is 5.69. The van der Waals surface area contributed by atoms with Crippen LogP contribution in [0, 0.1) is 0 Å². The first-order chi connectivity index (χ1) is 10.3. The number of pyridine rings is 1. The van der Waals surface area contributed by atoms with Crippen LogP contribution in [0.5, 0.6) is 5.75 Å². The molecule has 0 spiro atoms. The summed E-state index contributed by atoms with van der Waals surface area (Å²) in [4.78, 5) is 20.2. The molecule has 0 fully saturated rings. The molecule has 0 aliphatic carbocycles. The van der Waals surface area contributed by atoms with E-state index in [1.54, 1.807) is 0 Å². The highest BCUT2D eigenvalue weighted by Gasteiger charge is 2.35. The lowest BCUT2D eigenvalue weighted by atomic mass is 10.2. The van der Waals surface area contributed by atoms with Gasteiger partial charge in [0.05, 0.1) is 5.56 Å². The van der Waals surface area contributed by atoms with Crippen LogP contribution in [0.2, 0.25) is 10.2 Å². The van der Waals surface area contributed by atoms with Gasteiger partial charge in [0, 0.05) is 11.2 Å². The van der Waals surface area contributed by atoms with E-state index in [1.807, 2.05) is 5.48 Å². The van der Waals surface area contributed by atoms with Gasteiger partial charge in [0.2, 0.25) is 0 Å². The smallest absolute Gasteiger partial charge is 0.379 e. The second-order valence-electron chi connectivity index (χ2n) is 4.01. The molecule has 0 aliphatic rings. The van der Waals surface area contributed by atoms with Crippen LogP contribution in [-0.4, -0.2) is 10.9 Å². The highest BCUT2D eigenvalue weighted by atomic mass is 35.5. The molecule has 1 heterocycles. The summed E-state index contributed by atoms with van der Waals surface area (Å²) in [5.41, 5.74) is 0.733. The second-order valence-corrected chi connectivity index (χ2v) is 4.81. The Kier molecular flexibility index (Phi) is 4.77. The van der Waals surface area contributed by atoms with Gasteiger partial charge in [0.15, 0.2) is 5.75 Å². The van der Waals surface area contributed by atoms with E-state index in [1.165, 1.54) is 24.4 Å². The summed E-state index contributed by atoms with van der Waals surface area (Å²) in [5, 5.41) is -0.211. The van der Waals surface area contributed by atoms with Crippen molar-refractivity contribution in [3.05, 3.63) is 57.8 Å². The zero-order valence-electron chi connectivity index (χ0n) is 10.6. The van der Waals surface area contributed by atoms with Crippen molar-refractivity contribution in [3.63, 3.8) is 0 Å². The number of halogens is 5. The number of carbonyl (C=O) groups excluding carboxylic acids is 1. The van der Waals surface area contributed by atoms with Crippen molar-refractivity contribution in [3.8, 4) is 5.75 Å². The summed E-state index contributed by atoms with van der Waals surface area (Å²) >= 11 is 11.2. The first-order valence-electron chi connectivity index (χ1n) is 5.73. The number of hydrogen-bond donors (Lipinski definition) is 1. The second kappa shape index (κ2) is 6.41. The van der Waals surface area contributed by atoms with E-state index < -0.39 is 23.4 Å². The van der Waals surface area contributed by atoms with Gasteiger partial charge in [0.25, 0.3) is 5.91 Å². The minimum absolute atomic E-state index is 0.0355. The first kappa shape index (κ1) is 16.4. The Labute approximate surface area is 132 Å². The lowest BCUT2D eigenvalue weighted by molar-refractivity contribution is -0.139. The fourth-order valence-corrected chi connectivity index (χ4v) is 1.90. The molecule has 1 aromatic heterocycles. The number of nitrogens with zero attached hydrogens (tertiary/aromatic N) is 1. The highest BCUT2D eigenvalue weighted by molar-refractivity contribution is 6.32. The van der Waals surface area contributed by atoms with E-state index >= 15 is 0 Å². The van der Waals surface area contributed by atoms with Crippen LogP contribution in [0.1, 0.15) is 15.9 Å². The largest absolute Gasteiger partial charge is 0.420 e. The molecule has 0 aliphatic heterocycles. The fraction of sp³-hybridized carbons (Fsp3) is 0.0769. The molecular formula is C13H7Cl2F3N2O2. The van der Waals surface area contributed by atoms with Crippen molar-refractivity contribution in [1.82, 2.24) is 10.5 Å². The predicted molar refractivity (Wildman–Crippen MR) is 73.8 cm³/mol. The maximum atomic E-state index is 12.9. The van der Waals surface area contributed by atoms with Gasteiger partial charge < -0.3 is 4.84 Å². The number of alkyl halides is 3. The van der Waals surface area contributed by atoms with Crippen LogP contribution in [-0.2, 0) is 6.18 Å². The summed E-state index contributed by atoms with van der Waals surface area (Å²) in [6.07, 6.45) is -3.32. The Morgan fingerprint density at radius 3 is 2.59 bits per heavy atom. The standard InChI is InChI=1S/C13H7Cl2F3N2O2/c14-7-3-4-10(9(6-7)13(16,17)18)22-20-12(21)8-2-1-5-19-11(8)15/h1-6H,(H,20,21). The lowest BCUT2D eigenvalue weighted by Crippen LogP contribution is -2.28. The van der Waals surface area contributed by atoms with E-state index in [0.29, 0.717) is 6.07 Å². The fourth-order valence-electron chi connectivity index (χ4n) is 1.52. The minimum Gasteiger partial charge on any atom is -0.379 e. The Balaban J connectivity index is 2.19. The summed E-state index contributed by atoms with van der Waals surface area (Å²) in [5.74, 6) is -1.42. The Hall–Kier alpha value is -1.99. The van der Waals surface area contributed by atoms with Gasteiger partial charge in [-0.05, 0) is 30.3 Å². The molecule has 1 amide bonds. The van der Waals surface area contributed by atoms with Crippen molar-refractivity contribution in [2.45, 2.75) is 6.18 Å². The van der Waals surface area contributed by atoms with Crippen LogP contribution in [0.25, 0.3) is 0 Å². The van der Waals surface area contributed by atoms with Gasteiger partial charge in [-0.1, -0.05) is 23.2 Å². The normalized spacial score (nSPS) is 11.1. The third-order valence-electron chi connectivity index (χ3n) is 2.50. The average molecular weight is 351 g/mol.